The Balaban J connectivity index is 1.61. The highest BCUT2D eigenvalue weighted by molar-refractivity contribution is 6.00. The van der Waals surface area contributed by atoms with E-state index < -0.39 is 11.9 Å². The van der Waals surface area contributed by atoms with Crippen molar-refractivity contribution < 1.29 is 19.8 Å². The second-order valence-corrected chi connectivity index (χ2v) is 9.44. The van der Waals surface area contributed by atoms with Crippen LogP contribution in [-0.2, 0) is 24.2 Å². The van der Waals surface area contributed by atoms with Crippen LogP contribution >= 0.6 is 0 Å². The molecule has 3 aromatic carbocycles. The Labute approximate surface area is 210 Å². The molecule has 1 unspecified atom stereocenters. The molecule has 1 heterocycles. The van der Waals surface area contributed by atoms with Crippen LogP contribution in [0.25, 0.3) is 16.5 Å². The highest BCUT2D eigenvalue weighted by Gasteiger charge is 2.25. The SMILES string of the molecule is O=C(O)Cn1c(CCc2ccccc2)c(C2=CCC(c3ccccc3)CC2)c2ccc(C(=O)O)cc21. The van der Waals surface area contributed by atoms with Crippen LogP contribution in [0.3, 0.4) is 0 Å². The van der Waals surface area contributed by atoms with Gasteiger partial charge in [0.2, 0.25) is 0 Å². The molecule has 1 atom stereocenters. The van der Waals surface area contributed by atoms with E-state index >= 15 is 0 Å². The summed E-state index contributed by atoms with van der Waals surface area (Å²) in [6.45, 7) is -0.205. The van der Waals surface area contributed by atoms with Gasteiger partial charge >= 0.3 is 11.9 Å². The number of benzene rings is 3. The van der Waals surface area contributed by atoms with Crippen molar-refractivity contribution in [3.05, 3.63) is 113 Å². The van der Waals surface area contributed by atoms with Gasteiger partial charge in [-0.3, -0.25) is 4.79 Å². The Bertz CT molecular complexity index is 1430. The number of carboxylic acid groups (broad SMARTS) is 2. The molecule has 0 spiro atoms. The Morgan fingerprint density at radius 1 is 0.889 bits per heavy atom. The number of carbonyl (C=O) groups is 2. The number of rotatable bonds is 8. The van der Waals surface area contributed by atoms with Crippen LogP contribution in [-0.4, -0.2) is 26.7 Å². The molecule has 0 saturated carbocycles. The molecule has 0 saturated heterocycles. The van der Waals surface area contributed by atoms with E-state index in [1.165, 1.54) is 16.7 Å². The molecule has 4 aromatic rings. The van der Waals surface area contributed by atoms with Crippen LogP contribution in [0.15, 0.2) is 84.9 Å². The van der Waals surface area contributed by atoms with E-state index in [2.05, 4.69) is 42.5 Å². The van der Waals surface area contributed by atoms with Crippen molar-refractivity contribution in [3.63, 3.8) is 0 Å². The number of aromatic nitrogens is 1. The van der Waals surface area contributed by atoms with E-state index in [0.717, 1.165) is 42.3 Å². The molecule has 0 amide bonds. The summed E-state index contributed by atoms with van der Waals surface area (Å²) in [6.07, 6.45) is 6.59. The summed E-state index contributed by atoms with van der Waals surface area (Å²) in [4.78, 5) is 23.6. The molecule has 1 aromatic heterocycles. The second kappa shape index (κ2) is 10.2. The highest BCUT2D eigenvalue weighted by atomic mass is 16.4. The standard InChI is InChI=1S/C31H29NO4/c33-29(34)20-32-27(18-11-21-7-3-1-4-8-21)30(26-17-16-25(31(35)36)19-28(26)32)24-14-12-23(13-15-24)22-9-5-2-6-10-22/h1-10,14,16-17,19,23H,11-13,15,18,20H2,(H,33,34)(H,35,36). The lowest BCUT2D eigenvalue weighted by Crippen LogP contribution is -2.13. The van der Waals surface area contributed by atoms with Crippen molar-refractivity contribution in [2.24, 2.45) is 0 Å². The van der Waals surface area contributed by atoms with Gasteiger partial charge in [0.1, 0.15) is 6.54 Å². The van der Waals surface area contributed by atoms with Crippen LogP contribution < -0.4 is 0 Å². The zero-order valence-electron chi connectivity index (χ0n) is 20.1. The van der Waals surface area contributed by atoms with Crippen molar-refractivity contribution in [3.8, 4) is 0 Å². The molecule has 182 valence electrons. The number of aliphatic carboxylic acids is 1. The number of nitrogens with zero attached hydrogens (tertiary/aromatic N) is 1. The average Bonchev–Trinajstić information content (AvgIpc) is 3.20. The van der Waals surface area contributed by atoms with Gasteiger partial charge in [0.15, 0.2) is 0 Å². The van der Waals surface area contributed by atoms with Crippen molar-refractivity contribution in [2.75, 3.05) is 0 Å². The molecule has 1 aliphatic carbocycles. The van der Waals surface area contributed by atoms with Crippen molar-refractivity contribution >= 4 is 28.4 Å². The van der Waals surface area contributed by atoms with Crippen LogP contribution in [0.5, 0.6) is 0 Å². The van der Waals surface area contributed by atoms with Crippen molar-refractivity contribution in [2.45, 2.75) is 44.6 Å². The van der Waals surface area contributed by atoms with E-state index in [1.807, 2.05) is 34.9 Å². The van der Waals surface area contributed by atoms with E-state index in [-0.39, 0.29) is 12.1 Å². The predicted octanol–water partition coefficient (Wildman–Crippen LogP) is 6.56. The molecule has 0 bridgehead atoms. The van der Waals surface area contributed by atoms with Gasteiger partial charge < -0.3 is 14.8 Å². The third-order valence-electron chi connectivity index (χ3n) is 7.21. The Morgan fingerprint density at radius 3 is 2.25 bits per heavy atom. The zero-order valence-corrected chi connectivity index (χ0v) is 20.1. The summed E-state index contributed by atoms with van der Waals surface area (Å²) in [6, 6.07) is 25.8. The minimum absolute atomic E-state index is 0.162. The lowest BCUT2D eigenvalue weighted by Gasteiger charge is -2.23. The van der Waals surface area contributed by atoms with Gasteiger partial charge in [0, 0.05) is 16.6 Å². The van der Waals surface area contributed by atoms with E-state index in [0.29, 0.717) is 17.9 Å². The number of hydrogen-bond donors (Lipinski definition) is 2. The molecule has 5 nitrogen and oxygen atoms in total. The maximum atomic E-state index is 11.9. The second-order valence-electron chi connectivity index (χ2n) is 9.44. The first-order valence-corrected chi connectivity index (χ1v) is 12.4. The number of aryl methyl sites for hydroxylation is 1. The lowest BCUT2D eigenvalue weighted by atomic mass is 9.82. The number of hydrogen-bond acceptors (Lipinski definition) is 2. The molecular formula is C31H29NO4. The first-order chi connectivity index (χ1) is 17.5. The van der Waals surface area contributed by atoms with E-state index in [1.54, 1.807) is 12.1 Å². The molecule has 5 rings (SSSR count). The smallest absolute Gasteiger partial charge is 0.335 e. The van der Waals surface area contributed by atoms with Gasteiger partial charge in [-0.25, -0.2) is 4.79 Å². The number of allylic oxidation sites excluding steroid dienone is 2. The van der Waals surface area contributed by atoms with Gasteiger partial charge in [-0.1, -0.05) is 72.8 Å². The van der Waals surface area contributed by atoms with Crippen LogP contribution in [0, 0.1) is 0 Å². The minimum Gasteiger partial charge on any atom is -0.480 e. The quantitative estimate of drug-likeness (QED) is 0.300. The zero-order chi connectivity index (χ0) is 25.1. The van der Waals surface area contributed by atoms with Gasteiger partial charge in [-0.15, -0.1) is 0 Å². The maximum Gasteiger partial charge on any atom is 0.335 e. The minimum atomic E-state index is -1.02. The van der Waals surface area contributed by atoms with Crippen LogP contribution in [0.2, 0.25) is 0 Å². The largest absolute Gasteiger partial charge is 0.480 e. The molecule has 1 aliphatic rings. The molecular weight excluding hydrogens is 450 g/mol. The highest BCUT2D eigenvalue weighted by Crippen LogP contribution is 2.41. The fraction of sp³-hybridized carbons (Fsp3) is 0.226. The molecule has 0 radical (unpaired) electrons. The fourth-order valence-corrected chi connectivity index (χ4v) is 5.47. The normalized spacial score (nSPS) is 15.6. The topological polar surface area (TPSA) is 79.5 Å². The van der Waals surface area contributed by atoms with Crippen molar-refractivity contribution in [1.82, 2.24) is 4.57 Å². The number of fused-ring (bicyclic) bond motifs is 1. The first kappa shape index (κ1) is 23.6. The Hall–Kier alpha value is -4.12. The summed E-state index contributed by atoms with van der Waals surface area (Å²) in [7, 11) is 0. The molecule has 0 aliphatic heterocycles. The predicted molar refractivity (Wildman–Crippen MR) is 141 cm³/mol. The monoisotopic (exact) mass is 479 g/mol. The lowest BCUT2D eigenvalue weighted by molar-refractivity contribution is -0.137. The van der Waals surface area contributed by atoms with E-state index in [4.69, 9.17) is 0 Å². The number of carboxylic acids is 2. The maximum absolute atomic E-state index is 11.9. The van der Waals surface area contributed by atoms with Crippen LogP contribution in [0.4, 0.5) is 0 Å². The van der Waals surface area contributed by atoms with Gasteiger partial charge in [0.25, 0.3) is 0 Å². The number of aromatic carboxylic acids is 1. The molecule has 5 heteroatoms. The summed E-state index contributed by atoms with van der Waals surface area (Å²) < 4.78 is 1.81. The summed E-state index contributed by atoms with van der Waals surface area (Å²) >= 11 is 0. The molecule has 0 fully saturated rings. The average molecular weight is 480 g/mol. The van der Waals surface area contributed by atoms with Crippen molar-refractivity contribution in [1.29, 1.82) is 0 Å². The summed E-state index contributed by atoms with van der Waals surface area (Å²) in [5.41, 5.74) is 6.62. The molecule has 36 heavy (non-hydrogen) atoms. The third kappa shape index (κ3) is 4.82. The fourth-order valence-electron chi connectivity index (χ4n) is 5.47. The van der Waals surface area contributed by atoms with Gasteiger partial charge in [0.05, 0.1) is 11.1 Å². The molecule has 2 N–H and O–H groups in total. The van der Waals surface area contributed by atoms with Gasteiger partial charge in [-0.2, -0.15) is 0 Å². The summed E-state index contributed by atoms with van der Waals surface area (Å²) in [5, 5.41) is 20.3. The van der Waals surface area contributed by atoms with E-state index in [9.17, 15) is 19.8 Å². The Kier molecular flexibility index (Phi) is 6.72. The Morgan fingerprint density at radius 2 is 1.61 bits per heavy atom. The van der Waals surface area contributed by atoms with Gasteiger partial charge in [-0.05, 0) is 66.9 Å². The van der Waals surface area contributed by atoms with Crippen LogP contribution in [0.1, 0.15) is 57.9 Å². The third-order valence-corrected chi connectivity index (χ3v) is 7.21. The first-order valence-electron chi connectivity index (χ1n) is 12.4. The summed E-state index contributed by atoms with van der Waals surface area (Å²) in [5.74, 6) is -1.49.